The Morgan fingerprint density at radius 2 is 1.94 bits per heavy atom. The maximum absolute atomic E-state index is 6.03. The van der Waals surface area contributed by atoms with Gasteiger partial charge in [-0.15, -0.1) is 0 Å². The van der Waals surface area contributed by atoms with Crippen LogP contribution in [0.15, 0.2) is 24.3 Å². The van der Waals surface area contributed by atoms with Gasteiger partial charge in [-0.25, -0.2) is 0 Å². The molecule has 0 radical (unpaired) electrons. The van der Waals surface area contributed by atoms with Gasteiger partial charge in [-0.1, -0.05) is 12.1 Å². The van der Waals surface area contributed by atoms with Gasteiger partial charge in [0, 0.05) is 6.04 Å². The Labute approximate surface area is 97.8 Å². The minimum absolute atomic E-state index is 0.305. The zero-order valence-electron chi connectivity index (χ0n) is 10.2. The quantitative estimate of drug-likeness (QED) is 0.826. The molecule has 0 amide bonds. The Balaban J connectivity index is 2.00. The van der Waals surface area contributed by atoms with Crippen LogP contribution in [0, 0.1) is 5.41 Å². The maximum atomic E-state index is 6.03. The van der Waals surface area contributed by atoms with Crippen molar-refractivity contribution in [3.63, 3.8) is 0 Å². The summed E-state index contributed by atoms with van der Waals surface area (Å²) in [6.45, 7) is 4.86. The standard InChI is InChI=1S/C14H21NO/c1-3-16-13-6-4-12(5-7-13)10-14(8-9-14)11(2)15/h4-7,11H,3,8-10,15H2,1-2H3. The van der Waals surface area contributed by atoms with Crippen molar-refractivity contribution in [2.75, 3.05) is 6.61 Å². The van der Waals surface area contributed by atoms with Crippen LogP contribution in [0.2, 0.25) is 0 Å². The van der Waals surface area contributed by atoms with Gasteiger partial charge in [0.2, 0.25) is 0 Å². The third-order valence-electron chi connectivity index (χ3n) is 3.65. The highest BCUT2D eigenvalue weighted by Crippen LogP contribution is 2.50. The molecule has 0 heterocycles. The second-order valence-electron chi connectivity index (χ2n) is 4.90. The van der Waals surface area contributed by atoms with Crippen LogP contribution in [0.1, 0.15) is 32.3 Å². The zero-order chi connectivity index (χ0) is 11.6. The Bertz CT molecular complexity index is 338. The first-order valence-corrected chi connectivity index (χ1v) is 6.13. The van der Waals surface area contributed by atoms with Gasteiger partial charge in [-0.2, -0.15) is 0 Å². The van der Waals surface area contributed by atoms with Crippen molar-refractivity contribution in [3.05, 3.63) is 29.8 Å². The normalized spacial score (nSPS) is 19.2. The third kappa shape index (κ3) is 2.38. The second kappa shape index (κ2) is 4.46. The molecule has 2 heteroatoms. The van der Waals surface area contributed by atoms with Crippen LogP contribution in [-0.2, 0) is 6.42 Å². The van der Waals surface area contributed by atoms with E-state index in [-0.39, 0.29) is 0 Å². The molecule has 16 heavy (non-hydrogen) atoms. The van der Waals surface area contributed by atoms with Crippen LogP contribution >= 0.6 is 0 Å². The molecule has 0 aliphatic heterocycles. The van der Waals surface area contributed by atoms with Crippen LogP contribution in [0.4, 0.5) is 0 Å². The number of hydrogen-bond donors (Lipinski definition) is 1. The molecule has 0 spiro atoms. The highest BCUT2D eigenvalue weighted by molar-refractivity contribution is 5.29. The summed E-state index contributed by atoms with van der Waals surface area (Å²) in [5, 5.41) is 0. The summed E-state index contributed by atoms with van der Waals surface area (Å²) in [5.74, 6) is 0.955. The molecule has 2 N–H and O–H groups in total. The Kier molecular flexibility index (Phi) is 3.20. The first-order valence-electron chi connectivity index (χ1n) is 6.13. The summed E-state index contributed by atoms with van der Waals surface area (Å²) < 4.78 is 5.43. The Hall–Kier alpha value is -1.02. The van der Waals surface area contributed by atoms with Crippen molar-refractivity contribution in [3.8, 4) is 5.75 Å². The first-order chi connectivity index (χ1) is 7.66. The fraction of sp³-hybridized carbons (Fsp3) is 0.571. The molecular formula is C14H21NO. The monoisotopic (exact) mass is 219 g/mol. The van der Waals surface area contributed by atoms with Gasteiger partial charge in [0.15, 0.2) is 0 Å². The number of nitrogens with two attached hydrogens (primary N) is 1. The van der Waals surface area contributed by atoms with Crippen LogP contribution in [0.5, 0.6) is 5.75 Å². The molecule has 0 aromatic heterocycles. The van der Waals surface area contributed by atoms with E-state index >= 15 is 0 Å². The molecule has 88 valence electrons. The molecule has 1 aromatic carbocycles. The molecule has 1 aliphatic carbocycles. The van der Waals surface area contributed by atoms with Gasteiger partial charge in [0.1, 0.15) is 5.75 Å². The molecule has 2 nitrogen and oxygen atoms in total. The summed E-state index contributed by atoms with van der Waals surface area (Å²) in [6, 6.07) is 8.73. The van der Waals surface area contributed by atoms with E-state index in [1.807, 2.05) is 6.92 Å². The molecular weight excluding hydrogens is 198 g/mol. The smallest absolute Gasteiger partial charge is 0.119 e. The molecule has 0 saturated heterocycles. The highest BCUT2D eigenvalue weighted by atomic mass is 16.5. The SMILES string of the molecule is CCOc1ccc(CC2(C(C)N)CC2)cc1. The minimum atomic E-state index is 0.305. The molecule has 2 rings (SSSR count). The maximum Gasteiger partial charge on any atom is 0.119 e. The molecule has 1 aliphatic rings. The number of benzene rings is 1. The van der Waals surface area contributed by atoms with E-state index in [0.29, 0.717) is 11.5 Å². The van der Waals surface area contributed by atoms with Crippen molar-refractivity contribution < 1.29 is 4.74 Å². The third-order valence-corrected chi connectivity index (χ3v) is 3.65. The molecule has 1 fully saturated rings. The van der Waals surface area contributed by atoms with Crippen molar-refractivity contribution in [1.82, 2.24) is 0 Å². The first kappa shape index (κ1) is 11.5. The average Bonchev–Trinajstić information content (AvgIpc) is 3.03. The Morgan fingerprint density at radius 1 is 1.31 bits per heavy atom. The number of ether oxygens (including phenoxy) is 1. The summed E-state index contributed by atoms with van der Waals surface area (Å²) in [4.78, 5) is 0. The van der Waals surface area contributed by atoms with Gasteiger partial charge >= 0.3 is 0 Å². The van der Waals surface area contributed by atoms with Gasteiger partial charge in [-0.3, -0.25) is 0 Å². The number of rotatable bonds is 5. The summed E-state index contributed by atoms with van der Waals surface area (Å²) in [6.07, 6.45) is 3.66. The lowest BCUT2D eigenvalue weighted by Crippen LogP contribution is -2.29. The van der Waals surface area contributed by atoms with Crippen LogP contribution < -0.4 is 10.5 Å². The summed E-state index contributed by atoms with van der Waals surface area (Å²) in [7, 11) is 0. The zero-order valence-corrected chi connectivity index (χ0v) is 10.2. The van der Waals surface area contributed by atoms with Crippen LogP contribution in [0.25, 0.3) is 0 Å². The van der Waals surface area contributed by atoms with Gasteiger partial charge < -0.3 is 10.5 Å². The lowest BCUT2D eigenvalue weighted by atomic mass is 9.90. The predicted molar refractivity (Wildman–Crippen MR) is 66.6 cm³/mol. The summed E-state index contributed by atoms with van der Waals surface area (Å²) >= 11 is 0. The van der Waals surface area contributed by atoms with E-state index in [0.717, 1.165) is 18.8 Å². The number of hydrogen-bond acceptors (Lipinski definition) is 2. The molecule has 1 aromatic rings. The molecule has 0 bridgehead atoms. The van der Waals surface area contributed by atoms with Crippen molar-refractivity contribution >= 4 is 0 Å². The van der Waals surface area contributed by atoms with E-state index in [4.69, 9.17) is 10.5 Å². The fourth-order valence-corrected chi connectivity index (χ4v) is 2.23. The van der Waals surface area contributed by atoms with Gasteiger partial charge in [0.25, 0.3) is 0 Å². The summed E-state index contributed by atoms with van der Waals surface area (Å²) in [5.41, 5.74) is 7.79. The van der Waals surface area contributed by atoms with Crippen molar-refractivity contribution in [2.45, 2.75) is 39.2 Å². The van der Waals surface area contributed by atoms with Gasteiger partial charge in [0.05, 0.1) is 6.61 Å². The lowest BCUT2D eigenvalue weighted by molar-refractivity contribution is 0.340. The topological polar surface area (TPSA) is 35.2 Å². The lowest BCUT2D eigenvalue weighted by Gasteiger charge is -2.19. The van der Waals surface area contributed by atoms with E-state index in [1.54, 1.807) is 0 Å². The average molecular weight is 219 g/mol. The molecule has 1 unspecified atom stereocenters. The Morgan fingerprint density at radius 3 is 2.38 bits per heavy atom. The molecule has 1 saturated carbocycles. The van der Waals surface area contributed by atoms with Gasteiger partial charge in [-0.05, 0) is 56.2 Å². The predicted octanol–water partition coefficient (Wildman–Crippen LogP) is 2.76. The van der Waals surface area contributed by atoms with Crippen LogP contribution in [-0.4, -0.2) is 12.6 Å². The van der Waals surface area contributed by atoms with E-state index < -0.39 is 0 Å². The highest BCUT2D eigenvalue weighted by Gasteiger charge is 2.45. The largest absolute Gasteiger partial charge is 0.494 e. The van der Waals surface area contributed by atoms with E-state index in [1.165, 1.54) is 18.4 Å². The van der Waals surface area contributed by atoms with E-state index in [2.05, 4.69) is 31.2 Å². The fourth-order valence-electron chi connectivity index (χ4n) is 2.23. The minimum Gasteiger partial charge on any atom is -0.494 e. The van der Waals surface area contributed by atoms with Crippen molar-refractivity contribution in [2.24, 2.45) is 11.1 Å². The second-order valence-corrected chi connectivity index (χ2v) is 4.90. The van der Waals surface area contributed by atoms with Crippen molar-refractivity contribution in [1.29, 1.82) is 0 Å². The van der Waals surface area contributed by atoms with Crippen LogP contribution in [0.3, 0.4) is 0 Å². The van der Waals surface area contributed by atoms with E-state index in [9.17, 15) is 0 Å². The molecule has 1 atom stereocenters.